The molecule has 1 aromatic carbocycles. The van der Waals surface area contributed by atoms with Gasteiger partial charge in [-0.25, -0.2) is 0 Å². The second-order valence-electron chi connectivity index (χ2n) is 5.07. The second-order valence-corrected chi connectivity index (χ2v) is 5.48. The summed E-state index contributed by atoms with van der Waals surface area (Å²) in [5, 5.41) is 5.60. The molecule has 2 N–H and O–H groups in total. The minimum absolute atomic E-state index is 0.132. The number of benzene rings is 1. The fourth-order valence-corrected chi connectivity index (χ4v) is 2.37. The highest BCUT2D eigenvalue weighted by atomic mass is 32.1. The van der Waals surface area contributed by atoms with Gasteiger partial charge in [-0.05, 0) is 37.7 Å². The predicted octanol–water partition coefficient (Wildman–Crippen LogP) is 1.07. The van der Waals surface area contributed by atoms with Crippen LogP contribution in [0.15, 0.2) is 24.3 Å². The summed E-state index contributed by atoms with van der Waals surface area (Å²) in [6.45, 7) is 3.57. The van der Waals surface area contributed by atoms with Crippen LogP contribution in [0.25, 0.3) is 0 Å². The highest BCUT2D eigenvalue weighted by Gasteiger charge is 2.36. The summed E-state index contributed by atoms with van der Waals surface area (Å²) in [6, 6.07) is 6.63. The van der Waals surface area contributed by atoms with Crippen molar-refractivity contribution in [2.45, 2.75) is 26.3 Å². The summed E-state index contributed by atoms with van der Waals surface area (Å²) in [7, 11) is 0. The van der Waals surface area contributed by atoms with Gasteiger partial charge in [-0.3, -0.25) is 19.3 Å². The van der Waals surface area contributed by atoms with Gasteiger partial charge < -0.3 is 10.6 Å². The van der Waals surface area contributed by atoms with E-state index >= 15 is 0 Å². The number of fused-ring (bicyclic) bond motifs is 1. The molecule has 1 unspecified atom stereocenters. The Bertz CT molecular complexity index is 610. The Morgan fingerprint density at radius 2 is 1.77 bits per heavy atom. The monoisotopic (exact) mass is 319 g/mol. The third kappa shape index (κ3) is 3.30. The molecule has 6 nitrogen and oxygen atoms in total. The van der Waals surface area contributed by atoms with Crippen molar-refractivity contribution >= 4 is 35.1 Å². The Morgan fingerprint density at radius 1 is 1.23 bits per heavy atom. The first kappa shape index (κ1) is 16.1. The molecule has 2 rings (SSSR count). The van der Waals surface area contributed by atoms with Gasteiger partial charge in [0.2, 0.25) is 5.91 Å². The van der Waals surface area contributed by atoms with Gasteiger partial charge in [0.25, 0.3) is 11.8 Å². The van der Waals surface area contributed by atoms with Crippen LogP contribution in [0.3, 0.4) is 0 Å². The maximum Gasteiger partial charge on any atom is 0.262 e. The maximum absolute atomic E-state index is 12.1. The van der Waals surface area contributed by atoms with Crippen LogP contribution in [0.4, 0.5) is 0 Å². The SMILES string of the molecule is CCC(C)NC(=S)NC(=O)CN1C(=O)c2ccccc2C1=O. The summed E-state index contributed by atoms with van der Waals surface area (Å²) in [5.41, 5.74) is 0.640. The van der Waals surface area contributed by atoms with Crippen molar-refractivity contribution in [3.05, 3.63) is 35.4 Å². The highest BCUT2D eigenvalue weighted by molar-refractivity contribution is 7.80. The third-order valence-electron chi connectivity index (χ3n) is 3.42. The largest absolute Gasteiger partial charge is 0.360 e. The molecule has 7 heteroatoms. The molecular formula is C15H17N3O3S. The van der Waals surface area contributed by atoms with Gasteiger partial charge in [-0.2, -0.15) is 0 Å². The van der Waals surface area contributed by atoms with Gasteiger partial charge >= 0.3 is 0 Å². The lowest BCUT2D eigenvalue weighted by Gasteiger charge is -2.17. The van der Waals surface area contributed by atoms with E-state index in [9.17, 15) is 14.4 Å². The first-order chi connectivity index (χ1) is 10.4. The van der Waals surface area contributed by atoms with E-state index < -0.39 is 17.7 Å². The van der Waals surface area contributed by atoms with Crippen LogP contribution in [-0.4, -0.2) is 40.3 Å². The Balaban J connectivity index is 1.98. The van der Waals surface area contributed by atoms with Crippen LogP contribution < -0.4 is 10.6 Å². The molecule has 0 radical (unpaired) electrons. The Labute approximate surface area is 133 Å². The van der Waals surface area contributed by atoms with Crippen LogP contribution in [0.1, 0.15) is 41.0 Å². The van der Waals surface area contributed by atoms with Gasteiger partial charge in [-0.1, -0.05) is 19.1 Å². The van der Waals surface area contributed by atoms with E-state index in [1.54, 1.807) is 24.3 Å². The number of carbonyl (C=O) groups excluding carboxylic acids is 3. The van der Waals surface area contributed by atoms with E-state index in [1.807, 2.05) is 13.8 Å². The van der Waals surface area contributed by atoms with Crippen LogP contribution >= 0.6 is 12.2 Å². The average molecular weight is 319 g/mol. The van der Waals surface area contributed by atoms with Crippen molar-refractivity contribution in [1.29, 1.82) is 0 Å². The molecule has 0 saturated carbocycles. The standard InChI is InChI=1S/C15H17N3O3S/c1-3-9(2)16-15(22)17-12(19)8-18-13(20)10-6-4-5-7-11(10)14(18)21/h4-7,9H,3,8H2,1-2H3,(H2,16,17,19,22). The Kier molecular flexibility index (Phi) is 4.87. The summed E-state index contributed by atoms with van der Waals surface area (Å²) in [5.74, 6) is -1.43. The fraction of sp³-hybridized carbons (Fsp3) is 0.333. The zero-order valence-electron chi connectivity index (χ0n) is 12.4. The topological polar surface area (TPSA) is 78.5 Å². The number of thiocarbonyl (C=S) groups is 1. The van der Waals surface area contributed by atoms with Crippen molar-refractivity contribution in [3.63, 3.8) is 0 Å². The molecule has 0 saturated heterocycles. The van der Waals surface area contributed by atoms with E-state index in [0.29, 0.717) is 11.1 Å². The minimum atomic E-state index is -0.504. The molecule has 0 spiro atoms. The van der Waals surface area contributed by atoms with Crippen molar-refractivity contribution in [3.8, 4) is 0 Å². The number of hydrogen-bond acceptors (Lipinski definition) is 4. The van der Waals surface area contributed by atoms with Gasteiger partial charge in [0.05, 0.1) is 11.1 Å². The zero-order chi connectivity index (χ0) is 16.3. The molecule has 3 amide bonds. The maximum atomic E-state index is 12.1. The van der Waals surface area contributed by atoms with E-state index in [0.717, 1.165) is 11.3 Å². The summed E-state index contributed by atoms with van der Waals surface area (Å²) in [6.07, 6.45) is 0.856. The van der Waals surface area contributed by atoms with Gasteiger partial charge in [0.1, 0.15) is 6.54 Å². The molecule has 1 aliphatic rings. The number of nitrogens with zero attached hydrogens (tertiary/aromatic N) is 1. The number of imide groups is 1. The number of carbonyl (C=O) groups is 3. The summed E-state index contributed by atoms with van der Waals surface area (Å²) in [4.78, 5) is 37.1. The molecule has 0 aromatic heterocycles. The molecule has 1 aliphatic heterocycles. The second kappa shape index (κ2) is 6.65. The van der Waals surface area contributed by atoms with Gasteiger partial charge in [0.15, 0.2) is 5.11 Å². The molecular weight excluding hydrogens is 302 g/mol. The molecule has 22 heavy (non-hydrogen) atoms. The van der Waals surface area contributed by atoms with Crippen molar-refractivity contribution in [2.24, 2.45) is 0 Å². The lowest BCUT2D eigenvalue weighted by Crippen LogP contribution is -2.47. The first-order valence-corrected chi connectivity index (χ1v) is 7.40. The molecule has 1 atom stereocenters. The smallest absolute Gasteiger partial charge is 0.262 e. The highest BCUT2D eigenvalue weighted by Crippen LogP contribution is 2.21. The Morgan fingerprint density at radius 3 is 2.27 bits per heavy atom. The fourth-order valence-electron chi connectivity index (χ4n) is 2.05. The van der Waals surface area contributed by atoms with Crippen LogP contribution in [-0.2, 0) is 4.79 Å². The van der Waals surface area contributed by atoms with Crippen molar-refractivity contribution in [1.82, 2.24) is 15.5 Å². The molecule has 0 bridgehead atoms. The molecule has 0 fully saturated rings. The summed E-state index contributed by atoms with van der Waals surface area (Å²) < 4.78 is 0. The van der Waals surface area contributed by atoms with E-state index in [1.165, 1.54) is 0 Å². The molecule has 116 valence electrons. The number of rotatable bonds is 4. The van der Waals surface area contributed by atoms with Crippen molar-refractivity contribution < 1.29 is 14.4 Å². The number of hydrogen-bond donors (Lipinski definition) is 2. The predicted molar refractivity (Wildman–Crippen MR) is 85.4 cm³/mol. The van der Waals surface area contributed by atoms with Crippen LogP contribution in [0.2, 0.25) is 0 Å². The van der Waals surface area contributed by atoms with Gasteiger partial charge in [-0.15, -0.1) is 0 Å². The van der Waals surface area contributed by atoms with E-state index in [4.69, 9.17) is 12.2 Å². The van der Waals surface area contributed by atoms with Crippen molar-refractivity contribution in [2.75, 3.05) is 6.54 Å². The van der Waals surface area contributed by atoms with E-state index in [-0.39, 0.29) is 17.7 Å². The summed E-state index contributed by atoms with van der Waals surface area (Å²) >= 11 is 5.01. The third-order valence-corrected chi connectivity index (χ3v) is 3.64. The number of nitrogens with one attached hydrogen (secondary N) is 2. The van der Waals surface area contributed by atoms with E-state index in [2.05, 4.69) is 10.6 Å². The lowest BCUT2D eigenvalue weighted by molar-refractivity contribution is -0.120. The normalized spacial score (nSPS) is 14.5. The molecule has 0 aliphatic carbocycles. The zero-order valence-corrected chi connectivity index (χ0v) is 13.2. The van der Waals surface area contributed by atoms with Crippen LogP contribution in [0.5, 0.6) is 0 Å². The minimum Gasteiger partial charge on any atom is -0.360 e. The number of amides is 3. The quantitative estimate of drug-likeness (QED) is 0.641. The Hall–Kier alpha value is -2.28. The van der Waals surface area contributed by atoms with Gasteiger partial charge in [0, 0.05) is 6.04 Å². The first-order valence-electron chi connectivity index (χ1n) is 6.99. The molecule has 1 heterocycles. The average Bonchev–Trinajstić information content (AvgIpc) is 2.72. The molecule has 1 aromatic rings. The lowest BCUT2D eigenvalue weighted by atomic mass is 10.1. The van der Waals surface area contributed by atoms with Crippen LogP contribution in [0, 0.1) is 0 Å².